The summed E-state index contributed by atoms with van der Waals surface area (Å²) in [5, 5.41) is 0. The van der Waals surface area contributed by atoms with Gasteiger partial charge in [-0.2, -0.15) is 0 Å². The van der Waals surface area contributed by atoms with Crippen LogP contribution in [-0.4, -0.2) is 27.2 Å². The van der Waals surface area contributed by atoms with Crippen LogP contribution in [0.1, 0.15) is 17.5 Å². The molecule has 0 unspecified atom stereocenters. The van der Waals surface area contributed by atoms with Gasteiger partial charge in [0.15, 0.2) is 0 Å². The summed E-state index contributed by atoms with van der Waals surface area (Å²) in [5.74, 6) is 1.55. The van der Waals surface area contributed by atoms with Crippen LogP contribution in [0, 0.1) is 6.92 Å². The normalized spacial score (nSPS) is 10.3. The lowest BCUT2D eigenvalue weighted by Crippen LogP contribution is -2.26. The predicted octanol–water partition coefficient (Wildman–Crippen LogP) is 3.61. The second-order valence-corrected chi connectivity index (χ2v) is 5.51. The zero-order valence-corrected chi connectivity index (χ0v) is 14.1. The maximum atomic E-state index is 12.4. The molecule has 0 heterocycles. The Morgan fingerprint density at radius 2 is 1.57 bits per heavy atom. The molecule has 2 rings (SSSR count). The number of nitrogens with zero attached hydrogens (tertiary/aromatic N) is 1. The van der Waals surface area contributed by atoms with Gasteiger partial charge in [-0.3, -0.25) is 4.79 Å². The molecule has 0 aliphatic rings. The minimum absolute atomic E-state index is 0.0793. The molecule has 0 bridgehead atoms. The van der Waals surface area contributed by atoms with E-state index < -0.39 is 0 Å². The quantitative estimate of drug-likeness (QED) is 0.818. The minimum Gasteiger partial charge on any atom is -0.497 e. The molecule has 0 atom stereocenters. The summed E-state index contributed by atoms with van der Waals surface area (Å²) in [4.78, 5) is 14.1. The van der Waals surface area contributed by atoms with Gasteiger partial charge < -0.3 is 14.4 Å². The van der Waals surface area contributed by atoms with Gasteiger partial charge in [0.1, 0.15) is 11.5 Å². The van der Waals surface area contributed by atoms with E-state index in [0.717, 1.165) is 22.7 Å². The molecule has 0 aliphatic heterocycles. The molecule has 0 aliphatic carbocycles. The van der Waals surface area contributed by atoms with E-state index >= 15 is 0 Å². The molecule has 2 aromatic carbocycles. The first-order valence-electron chi connectivity index (χ1n) is 7.58. The molecule has 0 N–H and O–H groups in total. The predicted molar refractivity (Wildman–Crippen MR) is 92.5 cm³/mol. The van der Waals surface area contributed by atoms with Gasteiger partial charge in [0, 0.05) is 25.2 Å². The lowest BCUT2D eigenvalue weighted by Gasteiger charge is -2.17. The number of hydrogen-bond acceptors (Lipinski definition) is 3. The van der Waals surface area contributed by atoms with Crippen molar-refractivity contribution in [3.05, 3.63) is 53.6 Å². The third kappa shape index (κ3) is 4.49. The van der Waals surface area contributed by atoms with Crippen molar-refractivity contribution in [2.75, 3.05) is 26.2 Å². The average Bonchev–Trinajstić information content (AvgIpc) is 2.59. The maximum absolute atomic E-state index is 12.4. The second-order valence-electron chi connectivity index (χ2n) is 5.51. The average molecular weight is 313 g/mol. The summed E-state index contributed by atoms with van der Waals surface area (Å²) in [5.41, 5.74) is 3.11. The van der Waals surface area contributed by atoms with Gasteiger partial charge in [-0.05, 0) is 43.2 Å². The lowest BCUT2D eigenvalue weighted by molar-refractivity contribution is -0.118. The van der Waals surface area contributed by atoms with E-state index in [4.69, 9.17) is 9.47 Å². The molecular weight excluding hydrogens is 290 g/mol. The number of rotatable bonds is 6. The summed E-state index contributed by atoms with van der Waals surface area (Å²) >= 11 is 0. The van der Waals surface area contributed by atoms with E-state index in [2.05, 4.69) is 0 Å². The number of methoxy groups -OCH3 is 2. The SMILES string of the molecule is COc1cc(CCC(=O)N(C)c2ccc(C)cc2)cc(OC)c1. The first kappa shape index (κ1) is 16.9. The largest absolute Gasteiger partial charge is 0.497 e. The van der Waals surface area contributed by atoms with E-state index in [-0.39, 0.29) is 5.91 Å². The monoisotopic (exact) mass is 313 g/mol. The van der Waals surface area contributed by atoms with Gasteiger partial charge in [0.2, 0.25) is 5.91 Å². The van der Waals surface area contributed by atoms with Gasteiger partial charge in [-0.25, -0.2) is 0 Å². The maximum Gasteiger partial charge on any atom is 0.227 e. The molecule has 0 saturated heterocycles. The first-order valence-corrected chi connectivity index (χ1v) is 7.58. The summed E-state index contributed by atoms with van der Waals surface area (Å²) < 4.78 is 10.5. The Balaban J connectivity index is 2.02. The molecule has 23 heavy (non-hydrogen) atoms. The Morgan fingerprint density at radius 3 is 2.09 bits per heavy atom. The fraction of sp³-hybridized carbons (Fsp3) is 0.316. The Bertz CT molecular complexity index is 643. The molecule has 122 valence electrons. The Labute approximate surface area is 137 Å². The van der Waals surface area contributed by atoms with Crippen LogP contribution in [-0.2, 0) is 11.2 Å². The van der Waals surface area contributed by atoms with Gasteiger partial charge in [-0.15, -0.1) is 0 Å². The molecule has 0 fully saturated rings. The third-order valence-electron chi connectivity index (χ3n) is 3.83. The van der Waals surface area contributed by atoms with Crippen molar-refractivity contribution < 1.29 is 14.3 Å². The standard InChI is InChI=1S/C19H23NO3/c1-14-5-8-16(9-6-14)20(2)19(21)10-7-15-11-17(22-3)13-18(12-15)23-4/h5-6,8-9,11-13H,7,10H2,1-4H3. The van der Waals surface area contributed by atoms with E-state index in [0.29, 0.717) is 12.8 Å². The Hall–Kier alpha value is -2.49. The van der Waals surface area contributed by atoms with Gasteiger partial charge in [-0.1, -0.05) is 17.7 Å². The number of amides is 1. The highest BCUT2D eigenvalue weighted by molar-refractivity contribution is 5.92. The number of benzene rings is 2. The number of anilines is 1. The number of carbonyl (C=O) groups is 1. The summed E-state index contributed by atoms with van der Waals surface area (Å²) in [7, 11) is 5.04. The molecule has 4 nitrogen and oxygen atoms in total. The molecular formula is C19H23NO3. The van der Waals surface area contributed by atoms with Crippen LogP contribution in [0.5, 0.6) is 11.5 Å². The zero-order valence-electron chi connectivity index (χ0n) is 14.1. The topological polar surface area (TPSA) is 38.8 Å². The van der Waals surface area contributed by atoms with Crippen molar-refractivity contribution in [3.63, 3.8) is 0 Å². The second kappa shape index (κ2) is 7.68. The van der Waals surface area contributed by atoms with Crippen molar-refractivity contribution in [3.8, 4) is 11.5 Å². The van der Waals surface area contributed by atoms with Crippen molar-refractivity contribution in [1.82, 2.24) is 0 Å². The Morgan fingerprint density at radius 1 is 1.00 bits per heavy atom. The van der Waals surface area contributed by atoms with Crippen LogP contribution in [0.3, 0.4) is 0 Å². The number of carbonyl (C=O) groups excluding carboxylic acids is 1. The molecule has 0 aromatic heterocycles. The third-order valence-corrected chi connectivity index (χ3v) is 3.83. The highest BCUT2D eigenvalue weighted by atomic mass is 16.5. The van der Waals surface area contributed by atoms with Crippen LogP contribution in [0.25, 0.3) is 0 Å². The summed E-state index contributed by atoms with van der Waals surface area (Å²) in [6.07, 6.45) is 1.07. The van der Waals surface area contributed by atoms with E-state index in [9.17, 15) is 4.79 Å². The van der Waals surface area contributed by atoms with Crippen molar-refractivity contribution >= 4 is 11.6 Å². The summed E-state index contributed by atoms with van der Waals surface area (Å²) in [6.45, 7) is 2.03. The van der Waals surface area contributed by atoms with Crippen LogP contribution in [0.4, 0.5) is 5.69 Å². The lowest BCUT2D eigenvalue weighted by atomic mass is 10.1. The van der Waals surface area contributed by atoms with Crippen LogP contribution >= 0.6 is 0 Å². The highest BCUT2D eigenvalue weighted by Gasteiger charge is 2.11. The van der Waals surface area contributed by atoms with E-state index in [1.54, 1.807) is 26.2 Å². The molecule has 0 spiro atoms. The highest BCUT2D eigenvalue weighted by Crippen LogP contribution is 2.23. The number of hydrogen-bond donors (Lipinski definition) is 0. The molecule has 0 saturated carbocycles. The minimum atomic E-state index is 0.0793. The molecule has 2 aromatic rings. The van der Waals surface area contributed by atoms with Crippen molar-refractivity contribution in [1.29, 1.82) is 0 Å². The summed E-state index contributed by atoms with van der Waals surface area (Å²) in [6, 6.07) is 13.6. The Kier molecular flexibility index (Phi) is 5.63. The fourth-order valence-electron chi connectivity index (χ4n) is 2.34. The van der Waals surface area contributed by atoms with Gasteiger partial charge >= 0.3 is 0 Å². The number of ether oxygens (including phenoxy) is 2. The molecule has 1 amide bonds. The molecule has 0 radical (unpaired) electrons. The van der Waals surface area contributed by atoms with E-state index in [1.165, 1.54) is 5.56 Å². The van der Waals surface area contributed by atoms with Crippen LogP contribution in [0.15, 0.2) is 42.5 Å². The number of aryl methyl sites for hydroxylation is 2. The van der Waals surface area contributed by atoms with Gasteiger partial charge in [0.25, 0.3) is 0 Å². The van der Waals surface area contributed by atoms with Crippen LogP contribution < -0.4 is 14.4 Å². The van der Waals surface area contributed by atoms with Crippen molar-refractivity contribution in [2.45, 2.75) is 19.8 Å². The van der Waals surface area contributed by atoms with Crippen molar-refractivity contribution in [2.24, 2.45) is 0 Å². The first-order chi connectivity index (χ1) is 11.0. The molecule has 4 heteroatoms. The van der Waals surface area contributed by atoms with E-state index in [1.807, 2.05) is 49.4 Å². The van der Waals surface area contributed by atoms with Gasteiger partial charge in [0.05, 0.1) is 14.2 Å². The smallest absolute Gasteiger partial charge is 0.227 e. The zero-order chi connectivity index (χ0) is 16.8. The fourth-order valence-corrected chi connectivity index (χ4v) is 2.34. The van der Waals surface area contributed by atoms with Crippen LogP contribution in [0.2, 0.25) is 0 Å².